The van der Waals surface area contributed by atoms with Gasteiger partial charge in [-0.05, 0) is 6.08 Å². The van der Waals surface area contributed by atoms with Gasteiger partial charge in [0.2, 0.25) is 0 Å². The molecule has 0 radical (unpaired) electrons. The Morgan fingerprint density at radius 1 is 1.59 bits per heavy atom. The summed E-state index contributed by atoms with van der Waals surface area (Å²) in [7, 11) is 1.44. The molecule has 1 N–H and O–H groups in total. The summed E-state index contributed by atoms with van der Waals surface area (Å²) in [6, 6.07) is 0. The molecule has 0 aromatic rings. The average molecular weight is 237 g/mol. The number of amides is 2. The van der Waals surface area contributed by atoms with Gasteiger partial charge in [-0.2, -0.15) is 0 Å². The number of ether oxygens (including phenoxy) is 1. The molecule has 2 aliphatic rings. The summed E-state index contributed by atoms with van der Waals surface area (Å²) in [5, 5.41) is 9.36. The van der Waals surface area contributed by atoms with Crippen molar-refractivity contribution >= 4 is 11.8 Å². The molecule has 5 nitrogen and oxygen atoms in total. The third kappa shape index (κ3) is 1.92. The van der Waals surface area contributed by atoms with Crippen LogP contribution in [0.4, 0.5) is 0 Å². The van der Waals surface area contributed by atoms with Gasteiger partial charge in [0.15, 0.2) is 5.60 Å². The smallest absolute Gasteiger partial charge is 0.265 e. The van der Waals surface area contributed by atoms with E-state index in [0.717, 1.165) is 4.90 Å². The predicted octanol–water partition coefficient (Wildman–Crippen LogP) is 0.00750. The lowest BCUT2D eigenvalue weighted by atomic mass is 9.93. The molecular weight excluding hydrogens is 222 g/mol. The van der Waals surface area contributed by atoms with Crippen LogP contribution in [0, 0.1) is 0 Å². The molecule has 1 saturated heterocycles. The summed E-state index contributed by atoms with van der Waals surface area (Å²) in [6.45, 7) is 0.251. The van der Waals surface area contributed by atoms with Crippen molar-refractivity contribution in [2.24, 2.45) is 0 Å². The Bertz CT molecular complexity index is 401. The van der Waals surface area contributed by atoms with Gasteiger partial charge in [0.25, 0.3) is 11.8 Å². The number of carbonyl (C=O) groups excluding carboxylic acids is 2. The molecule has 17 heavy (non-hydrogen) atoms. The summed E-state index contributed by atoms with van der Waals surface area (Å²) in [5.41, 5.74) is -1.10. The van der Waals surface area contributed by atoms with Crippen LogP contribution in [0.25, 0.3) is 0 Å². The van der Waals surface area contributed by atoms with E-state index in [2.05, 4.69) is 0 Å². The minimum Gasteiger partial charge on any atom is -0.383 e. The van der Waals surface area contributed by atoms with E-state index in [0.29, 0.717) is 12.8 Å². The van der Waals surface area contributed by atoms with Crippen molar-refractivity contribution in [3.63, 3.8) is 0 Å². The van der Waals surface area contributed by atoms with E-state index in [1.54, 1.807) is 12.2 Å². The monoisotopic (exact) mass is 237 g/mol. The van der Waals surface area contributed by atoms with Gasteiger partial charge in [-0.15, -0.1) is 0 Å². The summed E-state index contributed by atoms with van der Waals surface area (Å²) in [4.78, 5) is 25.0. The fourth-order valence-corrected chi connectivity index (χ4v) is 2.09. The molecule has 0 aromatic heterocycles. The number of hydrogen-bond acceptors (Lipinski definition) is 4. The van der Waals surface area contributed by atoms with E-state index in [9.17, 15) is 14.7 Å². The molecule has 0 saturated carbocycles. The first kappa shape index (κ1) is 12.0. The van der Waals surface area contributed by atoms with Crippen molar-refractivity contribution in [3.05, 3.63) is 24.3 Å². The summed E-state index contributed by atoms with van der Waals surface area (Å²) in [5.74, 6) is -0.934. The molecule has 0 bridgehead atoms. The van der Waals surface area contributed by atoms with E-state index >= 15 is 0 Å². The number of aliphatic hydroxyl groups is 1. The number of hydrogen-bond donors (Lipinski definition) is 1. The zero-order chi connectivity index (χ0) is 12.5. The number of imide groups is 1. The van der Waals surface area contributed by atoms with Crippen molar-refractivity contribution in [2.45, 2.75) is 24.5 Å². The van der Waals surface area contributed by atoms with Gasteiger partial charge in [0.1, 0.15) is 6.10 Å². The van der Waals surface area contributed by atoms with E-state index in [-0.39, 0.29) is 6.54 Å². The van der Waals surface area contributed by atoms with Crippen LogP contribution in [0.5, 0.6) is 0 Å². The van der Waals surface area contributed by atoms with Crippen LogP contribution in [-0.2, 0) is 14.3 Å². The molecule has 2 rings (SSSR count). The summed E-state index contributed by atoms with van der Waals surface area (Å²) in [6.07, 6.45) is 6.65. The summed E-state index contributed by atoms with van der Waals surface area (Å²) < 4.78 is 5.27. The number of aliphatic hydroxyl groups excluding tert-OH is 1. The Morgan fingerprint density at radius 2 is 2.35 bits per heavy atom. The van der Waals surface area contributed by atoms with Crippen LogP contribution in [0.2, 0.25) is 0 Å². The molecule has 92 valence electrons. The number of methoxy groups -OCH3 is 1. The van der Waals surface area contributed by atoms with Gasteiger partial charge < -0.3 is 9.84 Å². The highest BCUT2D eigenvalue weighted by atomic mass is 16.5. The standard InChI is InChI=1S/C12H15NO4/c1-17-12(6-3-2-4-7-12)11(16)13-8-5-9(14)10(13)15/h2-4,6,9,14H,5,7-8H2,1H3/t9-,12?/m1/s1. The second-order valence-electron chi connectivity index (χ2n) is 4.18. The van der Waals surface area contributed by atoms with Crippen molar-refractivity contribution < 1.29 is 19.4 Å². The normalized spacial score (nSPS) is 32.2. The van der Waals surface area contributed by atoms with Gasteiger partial charge in [-0.1, -0.05) is 18.2 Å². The van der Waals surface area contributed by atoms with E-state index < -0.39 is 23.5 Å². The van der Waals surface area contributed by atoms with Crippen LogP contribution in [0.1, 0.15) is 12.8 Å². The average Bonchev–Trinajstić information content (AvgIpc) is 2.70. The maximum Gasteiger partial charge on any atom is 0.265 e. The fraction of sp³-hybridized carbons (Fsp3) is 0.500. The van der Waals surface area contributed by atoms with Crippen molar-refractivity contribution in [1.29, 1.82) is 0 Å². The van der Waals surface area contributed by atoms with Crippen LogP contribution in [0.15, 0.2) is 24.3 Å². The Morgan fingerprint density at radius 3 is 2.82 bits per heavy atom. The minimum absolute atomic E-state index is 0.251. The molecule has 1 unspecified atom stereocenters. The predicted molar refractivity (Wildman–Crippen MR) is 60.0 cm³/mol. The highest BCUT2D eigenvalue weighted by Crippen LogP contribution is 2.26. The lowest BCUT2D eigenvalue weighted by molar-refractivity contribution is -0.156. The second kappa shape index (κ2) is 4.43. The quantitative estimate of drug-likeness (QED) is 0.687. The number of rotatable bonds is 2. The molecule has 0 spiro atoms. The van der Waals surface area contributed by atoms with Gasteiger partial charge in [0, 0.05) is 26.5 Å². The molecule has 1 aliphatic heterocycles. The van der Waals surface area contributed by atoms with Crippen LogP contribution in [-0.4, -0.2) is 47.2 Å². The Kier molecular flexibility index (Phi) is 3.13. The highest BCUT2D eigenvalue weighted by molar-refractivity contribution is 6.03. The number of allylic oxidation sites excluding steroid dienone is 2. The minimum atomic E-state index is -1.10. The molecule has 1 fully saturated rings. The van der Waals surface area contributed by atoms with Crippen LogP contribution in [0.3, 0.4) is 0 Å². The zero-order valence-corrected chi connectivity index (χ0v) is 9.63. The lowest BCUT2D eigenvalue weighted by Crippen LogP contribution is -2.50. The third-order valence-corrected chi connectivity index (χ3v) is 3.18. The molecule has 2 atom stereocenters. The van der Waals surface area contributed by atoms with Gasteiger partial charge in [-0.25, -0.2) is 0 Å². The molecule has 1 aliphatic carbocycles. The molecule has 0 aromatic carbocycles. The largest absolute Gasteiger partial charge is 0.383 e. The van der Waals surface area contributed by atoms with Gasteiger partial charge in [-0.3, -0.25) is 14.5 Å². The first-order valence-electron chi connectivity index (χ1n) is 5.54. The third-order valence-electron chi connectivity index (χ3n) is 3.18. The molecule has 1 heterocycles. The van der Waals surface area contributed by atoms with E-state index in [1.165, 1.54) is 7.11 Å². The van der Waals surface area contributed by atoms with Crippen molar-refractivity contribution in [2.75, 3.05) is 13.7 Å². The van der Waals surface area contributed by atoms with Crippen LogP contribution < -0.4 is 0 Å². The first-order chi connectivity index (χ1) is 8.10. The summed E-state index contributed by atoms with van der Waals surface area (Å²) >= 11 is 0. The number of likely N-dealkylation sites (tertiary alicyclic amines) is 1. The lowest BCUT2D eigenvalue weighted by Gasteiger charge is -2.31. The van der Waals surface area contributed by atoms with Crippen LogP contribution >= 0.6 is 0 Å². The topological polar surface area (TPSA) is 66.8 Å². The Balaban J connectivity index is 2.21. The molecule has 2 amide bonds. The second-order valence-corrected chi connectivity index (χ2v) is 4.18. The Labute approximate surface area is 99.4 Å². The first-order valence-corrected chi connectivity index (χ1v) is 5.54. The number of carbonyl (C=O) groups is 2. The SMILES string of the molecule is COC1(C(=O)N2CC[C@@H](O)C2=O)C=CC=CC1. The molecular formula is C12H15NO4. The van der Waals surface area contributed by atoms with E-state index in [4.69, 9.17) is 4.74 Å². The van der Waals surface area contributed by atoms with Crippen molar-refractivity contribution in [1.82, 2.24) is 4.90 Å². The maximum atomic E-state index is 12.3. The number of nitrogens with zero attached hydrogens (tertiary/aromatic N) is 1. The Hall–Kier alpha value is -1.46. The van der Waals surface area contributed by atoms with E-state index in [1.807, 2.05) is 12.2 Å². The van der Waals surface area contributed by atoms with Gasteiger partial charge in [0.05, 0.1) is 0 Å². The van der Waals surface area contributed by atoms with Crippen molar-refractivity contribution in [3.8, 4) is 0 Å². The zero-order valence-electron chi connectivity index (χ0n) is 9.63. The fourth-order valence-electron chi connectivity index (χ4n) is 2.09. The maximum absolute atomic E-state index is 12.3. The molecule has 5 heteroatoms. The van der Waals surface area contributed by atoms with Gasteiger partial charge >= 0.3 is 0 Å². The highest BCUT2D eigenvalue weighted by Gasteiger charge is 2.44.